The Labute approximate surface area is 218 Å². The Kier molecular flexibility index (Phi) is 9.54. The molecular weight excluding hydrogens is 366 g/mol. The average molecular weight is 415 g/mol. The van der Waals surface area contributed by atoms with E-state index in [1.54, 1.807) is 0 Å². The molecule has 0 saturated heterocycles. The molecule has 4 rings (SSSR count). The molecule has 4 aliphatic rings. The van der Waals surface area contributed by atoms with E-state index in [1.807, 2.05) is 0 Å². The fraction of sp³-hybridized carbons (Fsp3) is 0.964. The second-order valence-electron chi connectivity index (χ2n) is 13.1. The normalized spacial score (nSPS) is 47.4. The van der Waals surface area contributed by atoms with Crippen LogP contribution in [0.25, 0.3) is 0 Å². The molecule has 4 saturated carbocycles. The summed E-state index contributed by atoms with van der Waals surface area (Å²) in [6.45, 7) is 16.6. The van der Waals surface area contributed by atoms with Gasteiger partial charge in [-0.25, -0.2) is 0 Å². The molecule has 31 heavy (non-hydrogen) atoms. The summed E-state index contributed by atoms with van der Waals surface area (Å²) in [6, 6.07) is 0. The fourth-order valence-corrected chi connectivity index (χ4v) is 9.33. The third-order valence-electron chi connectivity index (χ3n) is 11.0. The van der Waals surface area contributed by atoms with Gasteiger partial charge in [-0.15, -0.1) is 0 Å². The summed E-state index contributed by atoms with van der Waals surface area (Å²) in [4.78, 5) is 0. The van der Waals surface area contributed by atoms with Crippen molar-refractivity contribution in [3.05, 3.63) is 6.92 Å². The topological polar surface area (TPSA) is 23.1 Å². The van der Waals surface area contributed by atoms with Gasteiger partial charge >= 0.3 is 37.7 Å². The third-order valence-corrected chi connectivity index (χ3v) is 11.0. The van der Waals surface area contributed by atoms with Crippen LogP contribution >= 0.6 is 0 Å². The van der Waals surface area contributed by atoms with Crippen molar-refractivity contribution in [2.75, 3.05) is 0 Å². The molecule has 0 amide bonds. The van der Waals surface area contributed by atoms with Crippen LogP contribution in [0, 0.1) is 59.2 Å². The molecular formula is C28H48Li2O. The van der Waals surface area contributed by atoms with Crippen LogP contribution in [0.1, 0.15) is 112 Å². The van der Waals surface area contributed by atoms with Gasteiger partial charge in [-0.05, 0) is 90.8 Å². The fourth-order valence-electron chi connectivity index (χ4n) is 9.33. The SMILES string of the molecule is [CH2-][C@@]1([O-])CC[C@@]2(C)[C@@H](CC[C@@H]3[C@@H]2CC[C@]2(C)[C@@H]([C@H](C)CCCC(C)C)CC[C@@H]32)C1.[Li+].[Li+]. The quantitative estimate of drug-likeness (QED) is 0.487. The standard InChI is InChI=1S/C28H48O.2Li/c1-19(2)8-7-9-20(3)23-12-13-24-22-11-10-21-18-26(4,29)16-17-27(21,5)25(22)14-15-28(23,24)6;;/h19-25H,4,7-18H2,1-3,5-6H3;;/q-2;2*+1/t20-,21+,22+,23-,24+,25+,26-,27+,28-;;/m1../s1. The third kappa shape index (κ3) is 5.23. The van der Waals surface area contributed by atoms with E-state index in [1.165, 1.54) is 57.8 Å². The minimum absolute atomic E-state index is 0. The molecule has 0 aromatic rings. The molecule has 0 unspecified atom stereocenters. The van der Waals surface area contributed by atoms with Crippen LogP contribution in [0.15, 0.2) is 0 Å². The van der Waals surface area contributed by atoms with Crippen molar-refractivity contribution in [2.24, 2.45) is 52.3 Å². The van der Waals surface area contributed by atoms with Crippen molar-refractivity contribution in [1.29, 1.82) is 0 Å². The Balaban J connectivity index is 0.00000171. The average Bonchev–Trinajstić information content (AvgIpc) is 2.99. The molecule has 0 aromatic carbocycles. The van der Waals surface area contributed by atoms with Gasteiger partial charge in [0.05, 0.1) is 0 Å². The molecule has 1 nitrogen and oxygen atoms in total. The van der Waals surface area contributed by atoms with Crippen molar-refractivity contribution in [2.45, 2.75) is 117 Å². The maximum absolute atomic E-state index is 12.6. The first-order chi connectivity index (χ1) is 13.6. The molecule has 0 bridgehead atoms. The minimum atomic E-state index is -0.899. The van der Waals surface area contributed by atoms with Gasteiger partial charge in [-0.1, -0.05) is 73.1 Å². The van der Waals surface area contributed by atoms with Gasteiger partial charge in [-0.2, -0.15) is 0 Å². The molecule has 0 N–H and O–H groups in total. The van der Waals surface area contributed by atoms with Crippen molar-refractivity contribution in [1.82, 2.24) is 0 Å². The van der Waals surface area contributed by atoms with Crippen LogP contribution in [0.2, 0.25) is 0 Å². The first-order valence-corrected chi connectivity index (χ1v) is 13.1. The van der Waals surface area contributed by atoms with E-state index in [4.69, 9.17) is 0 Å². The molecule has 168 valence electrons. The van der Waals surface area contributed by atoms with E-state index in [2.05, 4.69) is 41.5 Å². The summed E-state index contributed by atoms with van der Waals surface area (Å²) in [6.07, 6.45) is 15.6. The molecule has 0 spiro atoms. The van der Waals surface area contributed by atoms with Crippen molar-refractivity contribution >= 4 is 0 Å². The maximum atomic E-state index is 12.6. The van der Waals surface area contributed by atoms with Crippen LogP contribution in [0.5, 0.6) is 0 Å². The molecule has 0 radical (unpaired) electrons. The maximum Gasteiger partial charge on any atom is 1.00 e. The van der Waals surface area contributed by atoms with E-state index >= 15 is 0 Å². The number of rotatable bonds is 5. The molecule has 3 heteroatoms. The summed E-state index contributed by atoms with van der Waals surface area (Å²) in [7, 11) is 0. The van der Waals surface area contributed by atoms with Gasteiger partial charge in [0.2, 0.25) is 0 Å². The Bertz CT molecular complexity index is 590. The number of hydrogen-bond acceptors (Lipinski definition) is 1. The van der Waals surface area contributed by atoms with Crippen LogP contribution in [0.4, 0.5) is 0 Å². The molecule has 0 aromatic heterocycles. The van der Waals surface area contributed by atoms with Crippen LogP contribution in [-0.4, -0.2) is 5.60 Å². The Morgan fingerprint density at radius 1 is 0.839 bits per heavy atom. The smallest absolute Gasteiger partial charge is 0.873 e. The summed E-state index contributed by atoms with van der Waals surface area (Å²) < 4.78 is 0. The van der Waals surface area contributed by atoms with E-state index < -0.39 is 5.60 Å². The van der Waals surface area contributed by atoms with Crippen LogP contribution in [-0.2, 0) is 0 Å². The molecule has 9 atom stereocenters. The molecule has 4 aliphatic carbocycles. The van der Waals surface area contributed by atoms with Crippen LogP contribution < -0.4 is 42.8 Å². The monoisotopic (exact) mass is 414 g/mol. The zero-order valence-corrected chi connectivity index (χ0v) is 22.1. The van der Waals surface area contributed by atoms with Crippen molar-refractivity contribution in [3.8, 4) is 0 Å². The van der Waals surface area contributed by atoms with E-state index in [0.717, 1.165) is 54.8 Å². The zero-order valence-electron chi connectivity index (χ0n) is 22.1. The van der Waals surface area contributed by atoms with Gasteiger partial charge < -0.3 is 12.0 Å². The first kappa shape index (κ1) is 28.4. The van der Waals surface area contributed by atoms with E-state index in [9.17, 15) is 5.11 Å². The van der Waals surface area contributed by atoms with Crippen molar-refractivity contribution in [3.63, 3.8) is 0 Å². The second-order valence-corrected chi connectivity index (χ2v) is 13.1. The predicted molar refractivity (Wildman–Crippen MR) is 121 cm³/mol. The summed E-state index contributed by atoms with van der Waals surface area (Å²) >= 11 is 0. The van der Waals surface area contributed by atoms with Gasteiger partial charge in [0.25, 0.3) is 0 Å². The number of hydrogen-bond donors (Lipinski definition) is 0. The largest absolute Gasteiger partial charge is 1.00 e. The first-order valence-electron chi connectivity index (χ1n) is 13.1. The second kappa shape index (κ2) is 10.4. The molecule has 4 fully saturated rings. The zero-order chi connectivity index (χ0) is 21.0. The Morgan fingerprint density at radius 3 is 2.19 bits per heavy atom. The van der Waals surface area contributed by atoms with Crippen LogP contribution in [0.3, 0.4) is 0 Å². The molecule has 0 heterocycles. The Hall–Kier alpha value is 1.15. The summed E-state index contributed by atoms with van der Waals surface area (Å²) in [5.41, 5.74) is 0.117. The van der Waals surface area contributed by atoms with Gasteiger partial charge in [0, 0.05) is 0 Å². The van der Waals surface area contributed by atoms with E-state index in [0.29, 0.717) is 16.7 Å². The summed E-state index contributed by atoms with van der Waals surface area (Å²) in [5, 5.41) is 12.6. The molecule has 0 aliphatic heterocycles. The van der Waals surface area contributed by atoms with E-state index in [-0.39, 0.29) is 37.7 Å². The van der Waals surface area contributed by atoms with Gasteiger partial charge in [0.1, 0.15) is 0 Å². The predicted octanol–water partition coefficient (Wildman–Crippen LogP) is 1.05. The van der Waals surface area contributed by atoms with Gasteiger partial charge in [0.15, 0.2) is 0 Å². The number of fused-ring (bicyclic) bond motifs is 5. The minimum Gasteiger partial charge on any atom is -0.873 e. The summed E-state index contributed by atoms with van der Waals surface area (Å²) in [5.74, 6) is 6.11. The Morgan fingerprint density at radius 2 is 1.52 bits per heavy atom. The van der Waals surface area contributed by atoms with Crippen molar-refractivity contribution < 1.29 is 42.8 Å². The van der Waals surface area contributed by atoms with Gasteiger partial charge in [-0.3, -0.25) is 5.60 Å².